The van der Waals surface area contributed by atoms with E-state index >= 15 is 0 Å². The molecule has 1 aromatic carbocycles. The van der Waals surface area contributed by atoms with Crippen molar-refractivity contribution in [1.29, 1.82) is 0 Å². The standard InChI is InChI=1S/C21H30O3/c1-15(2)7-5-11-20(4)12-6-8-16(3)21(20,24)14-17-13-18(22)9-10-19(17)23/h5,7,9-11,13,16,22-24H,6,8,12,14H2,1-4H3/b11-5+/t16-,20-,21-/m0/s1. The Balaban J connectivity index is 2.41. The van der Waals surface area contributed by atoms with Crippen LogP contribution in [0.25, 0.3) is 0 Å². The zero-order valence-electron chi connectivity index (χ0n) is 15.2. The summed E-state index contributed by atoms with van der Waals surface area (Å²) < 4.78 is 0. The van der Waals surface area contributed by atoms with Gasteiger partial charge >= 0.3 is 0 Å². The van der Waals surface area contributed by atoms with Gasteiger partial charge in [-0.25, -0.2) is 0 Å². The Bertz CT molecular complexity index is 642. The van der Waals surface area contributed by atoms with Crippen molar-refractivity contribution >= 4 is 0 Å². The summed E-state index contributed by atoms with van der Waals surface area (Å²) in [4.78, 5) is 0. The maximum atomic E-state index is 11.6. The molecule has 1 fully saturated rings. The van der Waals surface area contributed by atoms with E-state index in [0.29, 0.717) is 12.0 Å². The normalized spacial score (nSPS) is 30.5. The van der Waals surface area contributed by atoms with Crippen LogP contribution in [0.3, 0.4) is 0 Å². The lowest BCUT2D eigenvalue weighted by Crippen LogP contribution is -2.54. The Morgan fingerprint density at radius 2 is 2.00 bits per heavy atom. The highest BCUT2D eigenvalue weighted by Gasteiger charge is 2.51. The minimum absolute atomic E-state index is 0.106. The van der Waals surface area contributed by atoms with Gasteiger partial charge in [-0.3, -0.25) is 0 Å². The molecule has 1 aromatic rings. The molecule has 0 aromatic heterocycles. The monoisotopic (exact) mass is 330 g/mol. The van der Waals surface area contributed by atoms with E-state index in [1.165, 1.54) is 17.7 Å². The Hall–Kier alpha value is -1.74. The minimum Gasteiger partial charge on any atom is -0.508 e. The van der Waals surface area contributed by atoms with Gasteiger partial charge in [-0.2, -0.15) is 0 Å². The SMILES string of the molecule is CC(C)=C/C=C/[C@@]1(C)CCC[C@H](C)[C@@]1(O)Cc1cc(O)ccc1O. The van der Waals surface area contributed by atoms with Gasteiger partial charge in [0.25, 0.3) is 0 Å². The number of phenolic OH excluding ortho intramolecular Hbond substituents is 2. The topological polar surface area (TPSA) is 60.7 Å². The molecule has 0 aliphatic heterocycles. The first-order valence-electron chi connectivity index (χ1n) is 8.74. The van der Waals surface area contributed by atoms with E-state index < -0.39 is 5.60 Å². The molecule has 0 bridgehead atoms. The summed E-state index contributed by atoms with van der Waals surface area (Å²) in [7, 11) is 0. The largest absolute Gasteiger partial charge is 0.508 e. The fourth-order valence-electron chi connectivity index (χ4n) is 3.85. The van der Waals surface area contributed by atoms with E-state index in [1.54, 1.807) is 6.07 Å². The van der Waals surface area contributed by atoms with Gasteiger partial charge < -0.3 is 15.3 Å². The Kier molecular flexibility index (Phi) is 5.44. The quantitative estimate of drug-likeness (QED) is 0.553. The fourth-order valence-corrected chi connectivity index (χ4v) is 3.85. The highest BCUT2D eigenvalue weighted by molar-refractivity contribution is 5.40. The number of aromatic hydroxyl groups is 2. The van der Waals surface area contributed by atoms with Crippen LogP contribution in [0.4, 0.5) is 0 Å². The molecule has 1 saturated carbocycles. The average Bonchev–Trinajstić information content (AvgIpc) is 2.49. The number of hydrogen-bond acceptors (Lipinski definition) is 3. The Labute approximate surface area is 145 Å². The Morgan fingerprint density at radius 1 is 1.29 bits per heavy atom. The van der Waals surface area contributed by atoms with E-state index in [0.717, 1.165) is 19.3 Å². The molecular formula is C21H30O3. The molecule has 0 spiro atoms. The van der Waals surface area contributed by atoms with Crippen molar-refractivity contribution in [3.8, 4) is 11.5 Å². The van der Waals surface area contributed by atoms with Gasteiger partial charge in [0, 0.05) is 17.4 Å². The van der Waals surface area contributed by atoms with Crippen molar-refractivity contribution in [3.05, 3.63) is 47.6 Å². The first-order chi connectivity index (χ1) is 11.2. The molecule has 3 heteroatoms. The molecule has 0 heterocycles. The number of hydrogen-bond donors (Lipinski definition) is 3. The molecule has 24 heavy (non-hydrogen) atoms. The molecule has 2 rings (SSSR count). The number of aliphatic hydroxyl groups is 1. The lowest BCUT2D eigenvalue weighted by atomic mass is 9.57. The molecule has 0 unspecified atom stereocenters. The van der Waals surface area contributed by atoms with Crippen LogP contribution >= 0.6 is 0 Å². The molecule has 1 aliphatic rings. The number of rotatable bonds is 4. The van der Waals surface area contributed by atoms with E-state index in [9.17, 15) is 15.3 Å². The third kappa shape index (κ3) is 3.67. The summed E-state index contributed by atoms with van der Waals surface area (Å²) in [6, 6.07) is 4.49. The van der Waals surface area contributed by atoms with Crippen molar-refractivity contribution in [2.24, 2.45) is 11.3 Å². The van der Waals surface area contributed by atoms with Gasteiger partial charge in [-0.05, 0) is 50.8 Å². The van der Waals surface area contributed by atoms with Crippen LogP contribution in [0.5, 0.6) is 11.5 Å². The third-order valence-corrected chi connectivity index (χ3v) is 5.55. The lowest BCUT2D eigenvalue weighted by molar-refractivity contribution is -0.118. The second kappa shape index (κ2) is 7.02. The van der Waals surface area contributed by atoms with Crippen LogP contribution in [-0.2, 0) is 6.42 Å². The van der Waals surface area contributed by atoms with Crippen LogP contribution < -0.4 is 0 Å². The van der Waals surface area contributed by atoms with Crippen LogP contribution in [0.15, 0.2) is 42.0 Å². The summed E-state index contributed by atoms with van der Waals surface area (Å²) >= 11 is 0. The molecule has 0 amide bonds. The summed E-state index contributed by atoms with van der Waals surface area (Å²) in [6.45, 7) is 8.27. The summed E-state index contributed by atoms with van der Waals surface area (Å²) in [6.07, 6.45) is 9.45. The van der Waals surface area contributed by atoms with Crippen LogP contribution in [0, 0.1) is 11.3 Å². The molecule has 132 valence electrons. The maximum absolute atomic E-state index is 11.6. The smallest absolute Gasteiger partial charge is 0.119 e. The first-order valence-corrected chi connectivity index (χ1v) is 8.74. The molecular weight excluding hydrogens is 300 g/mol. The van der Waals surface area contributed by atoms with Crippen molar-refractivity contribution in [2.75, 3.05) is 0 Å². The van der Waals surface area contributed by atoms with Crippen molar-refractivity contribution < 1.29 is 15.3 Å². The average molecular weight is 330 g/mol. The van der Waals surface area contributed by atoms with E-state index in [4.69, 9.17) is 0 Å². The van der Waals surface area contributed by atoms with Gasteiger partial charge in [0.05, 0.1) is 5.60 Å². The van der Waals surface area contributed by atoms with Crippen LogP contribution in [0.1, 0.15) is 52.5 Å². The first kappa shape index (κ1) is 18.6. The zero-order valence-corrected chi connectivity index (χ0v) is 15.2. The fraction of sp³-hybridized carbons (Fsp3) is 0.524. The second-order valence-corrected chi connectivity index (χ2v) is 7.73. The van der Waals surface area contributed by atoms with E-state index in [2.05, 4.69) is 26.0 Å². The molecule has 3 N–H and O–H groups in total. The minimum atomic E-state index is -0.970. The predicted octanol–water partition coefficient (Wildman–Crippen LogP) is 4.72. The molecule has 3 atom stereocenters. The highest BCUT2D eigenvalue weighted by atomic mass is 16.3. The number of allylic oxidation sites excluding steroid dienone is 3. The van der Waals surface area contributed by atoms with Crippen LogP contribution in [-0.4, -0.2) is 20.9 Å². The highest BCUT2D eigenvalue weighted by Crippen LogP contribution is 2.50. The molecule has 1 aliphatic carbocycles. The molecule has 0 radical (unpaired) electrons. The van der Waals surface area contributed by atoms with Crippen molar-refractivity contribution in [2.45, 2.75) is 59.0 Å². The van der Waals surface area contributed by atoms with Crippen molar-refractivity contribution in [1.82, 2.24) is 0 Å². The van der Waals surface area contributed by atoms with Gasteiger partial charge in [-0.15, -0.1) is 0 Å². The van der Waals surface area contributed by atoms with Gasteiger partial charge in [-0.1, -0.05) is 44.1 Å². The molecule has 3 nitrogen and oxygen atoms in total. The van der Waals surface area contributed by atoms with Crippen molar-refractivity contribution in [3.63, 3.8) is 0 Å². The second-order valence-electron chi connectivity index (χ2n) is 7.73. The Morgan fingerprint density at radius 3 is 2.67 bits per heavy atom. The zero-order chi connectivity index (χ0) is 18.0. The third-order valence-electron chi connectivity index (χ3n) is 5.55. The predicted molar refractivity (Wildman–Crippen MR) is 98.1 cm³/mol. The van der Waals surface area contributed by atoms with Gasteiger partial charge in [0.2, 0.25) is 0 Å². The summed E-state index contributed by atoms with van der Waals surface area (Å²) in [5.41, 5.74) is 0.456. The number of benzene rings is 1. The number of phenols is 2. The van der Waals surface area contributed by atoms with Gasteiger partial charge in [0.1, 0.15) is 11.5 Å². The summed E-state index contributed by atoms with van der Waals surface area (Å²) in [5, 5.41) is 31.5. The van der Waals surface area contributed by atoms with Crippen LogP contribution in [0.2, 0.25) is 0 Å². The molecule has 0 saturated heterocycles. The van der Waals surface area contributed by atoms with Gasteiger partial charge in [0.15, 0.2) is 0 Å². The van der Waals surface area contributed by atoms with E-state index in [1.807, 2.05) is 19.9 Å². The lowest BCUT2D eigenvalue weighted by Gasteiger charge is -2.51. The maximum Gasteiger partial charge on any atom is 0.119 e. The van der Waals surface area contributed by atoms with E-state index in [-0.39, 0.29) is 22.8 Å². The summed E-state index contributed by atoms with van der Waals surface area (Å²) in [5.74, 6) is 0.334.